The summed E-state index contributed by atoms with van der Waals surface area (Å²) in [6, 6.07) is 0.653. The number of nitrogens with one attached hydrogen (secondary N) is 4. The summed E-state index contributed by atoms with van der Waals surface area (Å²) in [5, 5.41) is 35.0. The summed E-state index contributed by atoms with van der Waals surface area (Å²) >= 11 is 0. The summed E-state index contributed by atoms with van der Waals surface area (Å²) in [4.78, 5) is 72.3. The molecule has 228 valence electrons. The van der Waals surface area contributed by atoms with Crippen LogP contribution in [0, 0.1) is 0 Å². The van der Waals surface area contributed by atoms with Gasteiger partial charge in [-0.05, 0) is 37.0 Å². The van der Waals surface area contributed by atoms with Crippen molar-refractivity contribution in [3.8, 4) is 5.75 Å². The maximum Gasteiger partial charge on any atom is 0.326 e. The van der Waals surface area contributed by atoms with Crippen molar-refractivity contribution in [2.45, 2.75) is 56.3 Å². The molecule has 17 heteroatoms. The van der Waals surface area contributed by atoms with E-state index in [0.29, 0.717) is 11.3 Å². The van der Waals surface area contributed by atoms with Crippen molar-refractivity contribution in [2.24, 2.45) is 22.2 Å². The van der Waals surface area contributed by atoms with Gasteiger partial charge in [0.15, 0.2) is 5.96 Å². The van der Waals surface area contributed by atoms with Crippen LogP contribution in [0.5, 0.6) is 5.75 Å². The van der Waals surface area contributed by atoms with Gasteiger partial charge in [0.25, 0.3) is 0 Å². The Hall–Kier alpha value is -5.19. The van der Waals surface area contributed by atoms with Gasteiger partial charge in [-0.1, -0.05) is 12.1 Å². The number of aromatic nitrogens is 2. The van der Waals surface area contributed by atoms with E-state index in [0.717, 1.165) is 0 Å². The average Bonchev–Trinajstić information content (AvgIpc) is 3.43. The summed E-state index contributed by atoms with van der Waals surface area (Å²) in [5.74, 6) is -5.60. The SMILES string of the molecule is NC(N)=NCCCC(NC(=O)C(N)Cc1ccc(O)cc1)C(=O)NC(Cc1cnc[nH]1)C(=O)NC(CC(=O)O)C(=O)O. The number of benzene rings is 1. The molecule has 0 fully saturated rings. The number of nitrogens with two attached hydrogens (primary N) is 3. The number of aromatic amines is 1. The number of imidazole rings is 1. The normalized spacial score (nSPS) is 13.5. The van der Waals surface area contributed by atoms with Gasteiger partial charge in [0.2, 0.25) is 17.7 Å². The van der Waals surface area contributed by atoms with Gasteiger partial charge in [-0.2, -0.15) is 0 Å². The number of aromatic hydroxyl groups is 1. The molecule has 3 amide bonds. The Kier molecular flexibility index (Phi) is 12.7. The summed E-state index contributed by atoms with van der Waals surface area (Å²) in [6.45, 7) is 0.134. The van der Waals surface area contributed by atoms with E-state index in [1.807, 2.05) is 0 Å². The van der Waals surface area contributed by atoms with Crippen LogP contribution in [-0.2, 0) is 36.8 Å². The molecule has 42 heavy (non-hydrogen) atoms. The maximum absolute atomic E-state index is 13.4. The number of nitrogens with zero attached hydrogens (tertiary/aromatic N) is 2. The van der Waals surface area contributed by atoms with Crippen molar-refractivity contribution >= 4 is 35.6 Å². The third-order valence-corrected chi connectivity index (χ3v) is 5.91. The zero-order valence-corrected chi connectivity index (χ0v) is 22.5. The van der Waals surface area contributed by atoms with E-state index in [1.54, 1.807) is 12.1 Å². The third kappa shape index (κ3) is 11.5. The molecule has 1 aromatic carbocycles. The molecule has 0 aliphatic heterocycles. The molecular weight excluding hydrogens is 554 g/mol. The first-order valence-corrected chi connectivity index (χ1v) is 12.8. The number of carbonyl (C=O) groups is 5. The molecule has 1 aromatic heterocycles. The third-order valence-electron chi connectivity index (χ3n) is 5.91. The second-order valence-electron chi connectivity index (χ2n) is 9.33. The second kappa shape index (κ2) is 16.2. The van der Waals surface area contributed by atoms with Gasteiger partial charge in [0.1, 0.15) is 23.9 Å². The van der Waals surface area contributed by atoms with E-state index in [-0.39, 0.29) is 43.9 Å². The van der Waals surface area contributed by atoms with Crippen LogP contribution in [0.15, 0.2) is 41.8 Å². The molecule has 0 spiro atoms. The fourth-order valence-corrected chi connectivity index (χ4v) is 3.77. The van der Waals surface area contributed by atoms with Crippen LogP contribution < -0.4 is 33.2 Å². The molecule has 4 unspecified atom stereocenters. The Morgan fingerprint density at radius 3 is 2.10 bits per heavy atom. The van der Waals surface area contributed by atoms with Gasteiger partial charge in [-0.15, -0.1) is 0 Å². The standard InChI is InChI=1S/C25H35N9O8/c26-16(8-13-3-5-15(35)6-4-13)21(38)32-17(2-1-7-30-25(27)28)22(39)33-18(9-14-11-29-12-31-14)23(40)34-19(24(41)42)10-20(36)37/h3-6,11-12,16-19,35H,1-2,7-10,26H2,(H,29,31)(H,32,38)(H,33,39)(H,34,40)(H,36,37)(H,41,42)(H4,27,28,30). The highest BCUT2D eigenvalue weighted by Gasteiger charge is 2.31. The van der Waals surface area contributed by atoms with Crippen LogP contribution in [0.4, 0.5) is 0 Å². The lowest BCUT2D eigenvalue weighted by molar-refractivity contribution is -0.147. The molecule has 0 aliphatic carbocycles. The van der Waals surface area contributed by atoms with Crippen molar-refractivity contribution in [2.75, 3.05) is 6.54 Å². The van der Waals surface area contributed by atoms with E-state index in [1.165, 1.54) is 24.7 Å². The highest BCUT2D eigenvalue weighted by Crippen LogP contribution is 2.11. The summed E-state index contributed by atoms with van der Waals surface area (Å²) in [5.41, 5.74) is 17.8. The van der Waals surface area contributed by atoms with E-state index in [9.17, 15) is 34.2 Å². The number of aliphatic imine (C=N–C) groups is 1. The lowest BCUT2D eigenvalue weighted by atomic mass is 10.0. The topological polar surface area (TPSA) is 301 Å². The van der Waals surface area contributed by atoms with E-state index >= 15 is 0 Å². The monoisotopic (exact) mass is 589 g/mol. The number of guanidine groups is 1. The Labute approximate surface area is 240 Å². The Balaban J connectivity index is 2.21. The predicted octanol–water partition coefficient (Wildman–Crippen LogP) is -2.70. The maximum atomic E-state index is 13.4. The van der Waals surface area contributed by atoms with E-state index < -0.39 is 60.2 Å². The fraction of sp³-hybridized carbons (Fsp3) is 0.400. The lowest BCUT2D eigenvalue weighted by Crippen LogP contribution is -2.58. The van der Waals surface area contributed by atoms with Gasteiger partial charge in [-0.25, -0.2) is 9.78 Å². The minimum absolute atomic E-state index is 0.0371. The summed E-state index contributed by atoms with van der Waals surface area (Å²) in [7, 11) is 0. The first kappa shape index (κ1) is 33.0. The minimum Gasteiger partial charge on any atom is -0.508 e. The number of carboxylic acid groups (broad SMARTS) is 2. The number of H-pyrrole nitrogens is 1. The van der Waals surface area contributed by atoms with Gasteiger partial charge in [-0.3, -0.25) is 24.2 Å². The largest absolute Gasteiger partial charge is 0.508 e. The number of aliphatic carboxylic acids is 2. The van der Waals surface area contributed by atoms with Gasteiger partial charge in [0, 0.05) is 24.9 Å². The minimum atomic E-state index is -1.76. The number of phenolic OH excluding ortho intramolecular Hbond substituents is 1. The zero-order valence-electron chi connectivity index (χ0n) is 22.5. The Morgan fingerprint density at radius 1 is 0.905 bits per heavy atom. The smallest absolute Gasteiger partial charge is 0.326 e. The first-order valence-electron chi connectivity index (χ1n) is 12.8. The number of carbonyl (C=O) groups excluding carboxylic acids is 3. The number of rotatable bonds is 17. The number of amides is 3. The molecule has 2 rings (SSSR count). The first-order chi connectivity index (χ1) is 19.8. The van der Waals surface area contributed by atoms with Crippen LogP contribution in [0.3, 0.4) is 0 Å². The van der Waals surface area contributed by atoms with Crippen molar-refractivity contribution in [3.05, 3.63) is 48.0 Å². The molecule has 0 saturated heterocycles. The van der Waals surface area contributed by atoms with Gasteiger partial charge in [0.05, 0.1) is 18.8 Å². The van der Waals surface area contributed by atoms with Crippen LogP contribution in [0.25, 0.3) is 0 Å². The van der Waals surface area contributed by atoms with Crippen molar-refractivity contribution in [1.29, 1.82) is 0 Å². The van der Waals surface area contributed by atoms with Crippen LogP contribution >= 0.6 is 0 Å². The molecule has 17 nitrogen and oxygen atoms in total. The highest BCUT2D eigenvalue weighted by molar-refractivity contribution is 5.94. The van der Waals surface area contributed by atoms with Crippen molar-refractivity contribution < 1.29 is 39.3 Å². The number of carboxylic acids is 2. The van der Waals surface area contributed by atoms with Gasteiger partial charge < -0.3 is 53.5 Å². The second-order valence-corrected chi connectivity index (χ2v) is 9.33. The average molecular weight is 590 g/mol. The summed E-state index contributed by atoms with van der Waals surface area (Å²) in [6.07, 6.45) is 2.05. The predicted molar refractivity (Wildman–Crippen MR) is 148 cm³/mol. The molecule has 4 atom stereocenters. The Bertz CT molecular complexity index is 1250. The van der Waals surface area contributed by atoms with E-state index in [4.69, 9.17) is 22.3 Å². The number of hydrogen-bond acceptors (Lipinski definition) is 9. The summed E-state index contributed by atoms with van der Waals surface area (Å²) < 4.78 is 0. The number of hydrogen-bond donors (Lipinski definition) is 10. The molecule has 1 heterocycles. The van der Waals surface area contributed by atoms with E-state index in [2.05, 4.69) is 30.9 Å². The zero-order chi connectivity index (χ0) is 31.2. The fourth-order valence-electron chi connectivity index (χ4n) is 3.77. The molecular formula is C25H35N9O8. The molecule has 2 aromatic rings. The van der Waals surface area contributed by atoms with Gasteiger partial charge >= 0.3 is 11.9 Å². The van der Waals surface area contributed by atoms with Crippen LogP contribution in [0.2, 0.25) is 0 Å². The van der Waals surface area contributed by atoms with Crippen LogP contribution in [0.1, 0.15) is 30.5 Å². The molecule has 13 N–H and O–H groups in total. The van der Waals surface area contributed by atoms with Crippen molar-refractivity contribution in [1.82, 2.24) is 25.9 Å². The van der Waals surface area contributed by atoms with Crippen molar-refractivity contribution in [3.63, 3.8) is 0 Å². The molecule has 0 bridgehead atoms. The molecule has 0 radical (unpaired) electrons. The lowest BCUT2D eigenvalue weighted by Gasteiger charge is -2.25. The van der Waals surface area contributed by atoms with Crippen LogP contribution in [-0.4, -0.2) is 91.6 Å². The molecule has 0 aliphatic rings. The highest BCUT2D eigenvalue weighted by atomic mass is 16.4. The molecule has 0 saturated carbocycles. The quantitative estimate of drug-likeness (QED) is 0.0512. The Morgan fingerprint density at radius 2 is 1.52 bits per heavy atom. The number of phenols is 1.